The summed E-state index contributed by atoms with van der Waals surface area (Å²) in [5, 5.41) is 29.9. The number of nitriles is 1. The van der Waals surface area contributed by atoms with Gasteiger partial charge in [0.2, 0.25) is 0 Å². The number of aryl methyl sites for hydroxylation is 1. The Labute approximate surface area is 137 Å². The summed E-state index contributed by atoms with van der Waals surface area (Å²) in [6.07, 6.45) is 1.32. The number of aliphatic hydroxyl groups is 2. The molecule has 1 aromatic rings. The molecule has 0 aliphatic rings. The first kappa shape index (κ1) is 18.2. The highest BCUT2D eigenvalue weighted by atomic mass is 79.9. The van der Waals surface area contributed by atoms with Crippen LogP contribution in [-0.4, -0.2) is 47.3 Å². The molecule has 0 aliphatic carbocycles. The highest BCUT2D eigenvalue weighted by Gasteiger charge is 2.17. The van der Waals surface area contributed by atoms with E-state index in [-0.39, 0.29) is 31.9 Å². The van der Waals surface area contributed by atoms with Gasteiger partial charge in [0, 0.05) is 23.8 Å². The molecule has 1 aromatic carbocycles. The van der Waals surface area contributed by atoms with Crippen molar-refractivity contribution in [2.24, 2.45) is 0 Å². The van der Waals surface area contributed by atoms with E-state index in [1.165, 1.54) is 11.1 Å². The van der Waals surface area contributed by atoms with Crippen molar-refractivity contribution in [1.29, 1.82) is 5.26 Å². The van der Waals surface area contributed by atoms with Crippen LogP contribution in [0.15, 0.2) is 34.4 Å². The Morgan fingerprint density at radius 1 is 1.41 bits per heavy atom. The lowest BCUT2D eigenvalue weighted by atomic mass is 10.2. The highest BCUT2D eigenvalue weighted by molar-refractivity contribution is 9.10. The van der Waals surface area contributed by atoms with Gasteiger partial charge in [-0.3, -0.25) is 4.79 Å². The summed E-state index contributed by atoms with van der Waals surface area (Å²) in [4.78, 5) is 13.4. The molecule has 0 unspecified atom stereocenters. The number of anilines is 1. The summed E-state index contributed by atoms with van der Waals surface area (Å²) in [5.74, 6) is -0.540. The average Bonchev–Trinajstić information content (AvgIpc) is 2.49. The van der Waals surface area contributed by atoms with Gasteiger partial charge in [-0.2, -0.15) is 5.26 Å². The maximum atomic E-state index is 12.2. The third kappa shape index (κ3) is 5.15. The first-order valence-electron chi connectivity index (χ1n) is 6.67. The lowest BCUT2D eigenvalue weighted by Crippen LogP contribution is -2.36. The number of hydrogen-bond acceptors (Lipinski definition) is 5. The van der Waals surface area contributed by atoms with E-state index < -0.39 is 5.91 Å². The zero-order valence-corrected chi connectivity index (χ0v) is 13.8. The minimum Gasteiger partial charge on any atom is -0.395 e. The van der Waals surface area contributed by atoms with Gasteiger partial charge in [0.15, 0.2) is 0 Å². The second-order valence-corrected chi connectivity index (χ2v) is 5.39. The molecule has 0 fully saturated rings. The van der Waals surface area contributed by atoms with Crippen LogP contribution in [0.5, 0.6) is 0 Å². The van der Waals surface area contributed by atoms with E-state index >= 15 is 0 Å². The number of carbonyl (C=O) groups excluding carboxylic acids is 1. The Morgan fingerprint density at radius 2 is 2.05 bits per heavy atom. The highest BCUT2D eigenvalue weighted by Crippen LogP contribution is 2.23. The molecule has 0 aromatic heterocycles. The van der Waals surface area contributed by atoms with Gasteiger partial charge in [-0.1, -0.05) is 6.07 Å². The number of aliphatic hydroxyl groups excluding tert-OH is 2. The molecule has 0 saturated heterocycles. The molecule has 0 bridgehead atoms. The van der Waals surface area contributed by atoms with Gasteiger partial charge in [0.05, 0.1) is 18.9 Å². The minimum absolute atomic E-state index is 0.0621. The fraction of sp³-hybridized carbons (Fsp3) is 0.333. The predicted molar refractivity (Wildman–Crippen MR) is 86.9 cm³/mol. The third-order valence-electron chi connectivity index (χ3n) is 2.87. The Kier molecular flexibility index (Phi) is 7.60. The average molecular weight is 368 g/mol. The van der Waals surface area contributed by atoms with Crippen LogP contribution >= 0.6 is 15.9 Å². The fourth-order valence-electron chi connectivity index (χ4n) is 1.76. The maximum absolute atomic E-state index is 12.2. The van der Waals surface area contributed by atoms with E-state index in [4.69, 9.17) is 15.5 Å². The Hall–Kier alpha value is -1.88. The molecule has 0 heterocycles. The van der Waals surface area contributed by atoms with Crippen LogP contribution in [0.4, 0.5) is 5.69 Å². The second kappa shape index (κ2) is 9.20. The molecule has 6 nitrogen and oxygen atoms in total. The fourth-order valence-corrected chi connectivity index (χ4v) is 2.36. The van der Waals surface area contributed by atoms with Gasteiger partial charge in [-0.15, -0.1) is 0 Å². The van der Waals surface area contributed by atoms with Crippen LogP contribution in [0.2, 0.25) is 0 Å². The van der Waals surface area contributed by atoms with Crippen LogP contribution in [0.25, 0.3) is 0 Å². The number of halogens is 1. The zero-order valence-electron chi connectivity index (χ0n) is 12.2. The van der Waals surface area contributed by atoms with Crippen molar-refractivity contribution in [2.45, 2.75) is 6.92 Å². The molecular weight excluding hydrogens is 350 g/mol. The zero-order chi connectivity index (χ0) is 16.5. The third-order valence-corrected chi connectivity index (χ3v) is 3.53. The van der Waals surface area contributed by atoms with Crippen molar-refractivity contribution in [3.63, 3.8) is 0 Å². The van der Waals surface area contributed by atoms with Gasteiger partial charge >= 0.3 is 0 Å². The summed E-state index contributed by atoms with van der Waals surface area (Å²) >= 11 is 3.40. The number of rotatable bonds is 7. The van der Waals surface area contributed by atoms with Gasteiger partial charge in [-0.25, -0.2) is 0 Å². The first-order valence-corrected chi connectivity index (χ1v) is 7.46. The van der Waals surface area contributed by atoms with Crippen molar-refractivity contribution in [1.82, 2.24) is 4.90 Å². The number of nitrogens with zero attached hydrogens (tertiary/aromatic N) is 2. The van der Waals surface area contributed by atoms with Crippen LogP contribution in [-0.2, 0) is 4.79 Å². The topological polar surface area (TPSA) is 96.6 Å². The summed E-state index contributed by atoms with van der Waals surface area (Å²) in [6, 6.07) is 7.47. The molecule has 1 amide bonds. The standard InChI is InChI=1S/C15H18BrN3O3/c1-11-2-3-14(13(16)8-11)18-10-12(9-17)15(22)19(4-6-20)5-7-21/h2-3,8,10,18,20-21H,4-7H2,1H3/b12-10-. The molecule has 0 atom stereocenters. The number of benzene rings is 1. The van der Waals surface area contributed by atoms with Crippen LogP contribution in [0.1, 0.15) is 5.56 Å². The number of nitrogens with one attached hydrogen (secondary N) is 1. The molecule has 0 aliphatic heterocycles. The van der Waals surface area contributed by atoms with Crippen molar-refractivity contribution < 1.29 is 15.0 Å². The largest absolute Gasteiger partial charge is 0.395 e. The predicted octanol–water partition coefficient (Wildman–Crippen LogP) is 1.39. The van der Waals surface area contributed by atoms with Crippen LogP contribution < -0.4 is 5.32 Å². The van der Waals surface area contributed by atoms with Gasteiger partial charge < -0.3 is 20.4 Å². The molecule has 22 heavy (non-hydrogen) atoms. The van der Waals surface area contributed by atoms with Crippen molar-refractivity contribution >= 4 is 27.5 Å². The van der Waals surface area contributed by atoms with Crippen molar-refractivity contribution in [2.75, 3.05) is 31.6 Å². The molecule has 0 saturated carbocycles. The smallest absolute Gasteiger partial charge is 0.266 e. The monoisotopic (exact) mass is 367 g/mol. The van der Waals surface area contributed by atoms with Crippen LogP contribution in [0.3, 0.4) is 0 Å². The number of carbonyl (C=O) groups is 1. The molecular formula is C15H18BrN3O3. The molecule has 118 valence electrons. The van der Waals surface area contributed by atoms with E-state index in [2.05, 4.69) is 21.2 Å². The Morgan fingerprint density at radius 3 is 2.55 bits per heavy atom. The van der Waals surface area contributed by atoms with E-state index in [9.17, 15) is 4.79 Å². The minimum atomic E-state index is -0.540. The lowest BCUT2D eigenvalue weighted by Gasteiger charge is -2.20. The summed E-state index contributed by atoms with van der Waals surface area (Å²) in [7, 11) is 0. The first-order chi connectivity index (χ1) is 10.5. The second-order valence-electron chi connectivity index (χ2n) is 4.54. The summed E-state index contributed by atoms with van der Waals surface area (Å²) in [6.45, 7) is 1.61. The Balaban J connectivity index is 2.89. The van der Waals surface area contributed by atoms with Gasteiger partial charge in [0.1, 0.15) is 11.6 Å². The van der Waals surface area contributed by atoms with E-state index in [0.717, 1.165) is 15.7 Å². The van der Waals surface area contributed by atoms with E-state index in [1.54, 1.807) is 0 Å². The maximum Gasteiger partial charge on any atom is 0.266 e. The summed E-state index contributed by atoms with van der Waals surface area (Å²) in [5.41, 5.74) is 1.70. The Bertz CT molecular complexity index is 590. The van der Waals surface area contributed by atoms with Gasteiger partial charge in [0.25, 0.3) is 5.91 Å². The van der Waals surface area contributed by atoms with E-state index in [1.807, 2.05) is 31.2 Å². The molecule has 7 heteroatoms. The molecule has 1 rings (SSSR count). The molecule has 3 N–H and O–H groups in total. The quantitative estimate of drug-likeness (QED) is 0.499. The van der Waals surface area contributed by atoms with Crippen LogP contribution in [0, 0.1) is 18.3 Å². The molecule has 0 spiro atoms. The normalized spacial score (nSPS) is 11.0. The number of amides is 1. The van der Waals surface area contributed by atoms with Crippen molar-refractivity contribution in [3.05, 3.63) is 40.0 Å². The molecule has 0 radical (unpaired) electrons. The summed E-state index contributed by atoms with van der Waals surface area (Å²) < 4.78 is 0.816. The number of hydrogen-bond donors (Lipinski definition) is 3. The van der Waals surface area contributed by atoms with Gasteiger partial charge in [-0.05, 0) is 40.5 Å². The SMILES string of the molecule is Cc1ccc(N/C=C(/C#N)C(=O)N(CCO)CCO)c(Br)c1. The van der Waals surface area contributed by atoms with E-state index in [0.29, 0.717) is 0 Å². The van der Waals surface area contributed by atoms with Crippen molar-refractivity contribution in [3.8, 4) is 6.07 Å². The lowest BCUT2D eigenvalue weighted by molar-refractivity contribution is -0.127.